The highest BCUT2D eigenvalue weighted by atomic mass is 16.5. The van der Waals surface area contributed by atoms with E-state index in [4.69, 9.17) is 0 Å². The number of anilines is 1. The smallest absolute Gasteiger partial charge is 0.407 e. The first kappa shape index (κ1) is 25.2. The van der Waals surface area contributed by atoms with E-state index in [1.165, 1.54) is 35.2 Å². The summed E-state index contributed by atoms with van der Waals surface area (Å²) in [5, 5.41) is 24.6. The maximum atomic E-state index is 13.8. The second-order valence-electron chi connectivity index (χ2n) is 9.47. The SMILES string of the molecule is COC(=O)NCC(=O)N1CC2CCCCC2C1C(=O)N1CC(C(=O)Nc2ncccc2O)CC1C#N. The number of likely N-dealkylation sites (tertiary alicyclic amines) is 2. The van der Waals surface area contributed by atoms with E-state index in [1.807, 2.05) is 0 Å². The third-order valence-electron chi connectivity index (χ3n) is 7.42. The van der Waals surface area contributed by atoms with E-state index >= 15 is 0 Å². The number of alkyl carbamates (subject to hydrolysis) is 1. The Hall–Kier alpha value is -3.88. The van der Waals surface area contributed by atoms with Gasteiger partial charge in [0.1, 0.15) is 18.6 Å². The Bertz CT molecular complexity index is 1070. The van der Waals surface area contributed by atoms with Crippen LogP contribution in [0.3, 0.4) is 0 Å². The summed E-state index contributed by atoms with van der Waals surface area (Å²) >= 11 is 0. The minimum absolute atomic E-state index is 0.0107. The van der Waals surface area contributed by atoms with Crippen molar-refractivity contribution in [1.82, 2.24) is 20.1 Å². The summed E-state index contributed by atoms with van der Waals surface area (Å²) in [5.74, 6) is -1.89. The number of hydrogen-bond acceptors (Lipinski definition) is 8. The number of aromatic nitrogens is 1. The summed E-state index contributed by atoms with van der Waals surface area (Å²) in [6, 6.07) is 3.48. The largest absolute Gasteiger partial charge is 0.504 e. The standard InChI is InChI=1S/C24H30N6O6/c1-36-24(35)27-11-19(32)30-12-14-5-2-3-6-17(14)20(30)23(34)29-13-15(9-16(29)10-25)22(33)28-21-18(31)7-4-8-26-21/h4,7-8,14-17,20,31H,2-3,5-6,9,11-13H2,1H3,(H,27,35)(H,26,28,33). The van der Waals surface area contributed by atoms with Crippen molar-refractivity contribution in [2.45, 2.75) is 44.2 Å². The minimum atomic E-state index is -0.821. The van der Waals surface area contributed by atoms with Crippen molar-refractivity contribution in [2.24, 2.45) is 17.8 Å². The fourth-order valence-electron chi connectivity index (χ4n) is 5.64. The Balaban J connectivity index is 1.50. The monoisotopic (exact) mass is 498 g/mol. The van der Waals surface area contributed by atoms with Gasteiger partial charge in [-0.05, 0) is 43.2 Å². The van der Waals surface area contributed by atoms with Crippen molar-refractivity contribution in [3.05, 3.63) is 18.3 Å². The molecule has 1 aliphatic carbocycles. The molecule has 1 aromatic heterocycles. The Morgan fingerprint density at radius 2 is 2.00 bits per heavy atom. The van der Waals surface area contributed by atoms with Crippen LogP contribution in [0.15, 0.2) is 18.3 Å². The number of pyridine rings is 1. The lowest BCUT2D eigenvalue weighted by atomic mass is 9.78. The zero-order valence-corrected chi connectivity index (χ0v) is 20.1. The van der Waals surface area contributed by atoms with Gasteiger partial charge in [-0.15, -0.1) is 0 Å². The highest BCUT2D eigenvalue weighted by Crippen LogP contribution is 2.42. The molecule has 3 N–H and O–H groups in total. The number of amides is 4. The van der Waals surface area contributed by atoms with Crippen molar-refractivity contribution in [1.29, 1.82) is 5.26 Å². The van der Waals surface area contributed by atoms with E-state index in [1.54, 1.807) is 0 Å². The second-order valence-corrected chi connectivity index (χ2v) is 9.47. The summed E-state index contributed by atoms with van der Waals surface area (Å²) in [7, 11) is 1.20. The second kappa shape index (κ2) is 10.8. The van der Waals surface area contributed by atoms with Crippen molar-refractivity contribution in [2.75, 3.05) is 32.1 Å². The summed E-state index contributed by atoms with van der Waals surface area (Å²) in [6.45, 7) is 0.139. The molecule has 3 aliphatic rings. The summed E-state index contributed by atoms with van der Waals surface area (Å²) in [4.78, 5) is 58.1. The fraction of sp³-hybridized carbons (Fsp3) is 0.583. The highest BCUT2D eigenvalue weighted by molar-refractivity contribution is 5.95. The summed E-state index contributed by atoms with van der Waals surface area (Å²) < 4.78 is 4.54. The number of nitrogens with one attached hydrogen (secondary N) is 2. The Kier molecular flexibility index (Phi) is 7.57. The molecule has 12 heteroatoms. The van der Waals surface area contributed by atoms with Crippen LogP contribution in [0.4, 0.5) is 10.6 Å². The molecule has 1 saturated carbocycles. The van der Waals surface area contributed by atoms with Crippen LogP contribution in [-0.2, 0) is 19.1 Å². The first-order valence-electron chi connectivity index (χ1n) is 12.1. The first-order valence-corrected chi connectivity index (χ1v) is 12.1. The molecule has 2 saturated heterocycles. The highest BCUT2D eigenvalue weighted by Gasteiger charge is 2.51. The number of nitrogens with zero attached hydrogens (tertiary/aromatic N) is 4. The van der Waals surface area contributed by atoms with Crippen molar-refractivity contribution < 1.29 is 29.0 Å². The van der Waals surface area contributed by atoms with Crippen LogP contribution in [-0.4, -0.2) is 82.5 Å². The van der Waals surface area contributed by atoms with Crippen LogP contribution in [0.5, 0.6) is 5.75 Å². The van der Waals surface area contributed by atoms with Gasteiger partial charge in [-0.25, -0.2) is 9.78 Å². The van der Waals surface area contributed by atoms with Gasteiger partial charge < -0.3 is 30.3 Å². The maximum Gasteiger partial charge on any atom is 0.407 e. The minimum Gasteiger partial charge on any atom is -0.504 e. The van der Waals surface area contributed by atoms with Crippen LogP contribution < -0.4 is 10.6 Å². The Morgan fingerprint density at radius 3 is 2.72 bits per heavy atom. The van der Waals surface area contributed by atoms with Gasteiger partial charge in [-0.2, -0.15) is 5.26 Å². The van der Waals surface area contributed by atoms with Gasteiger partial charge in [-0.3, -0.25) is 14.4 Å². The van der Waals surface area contributed by atoms with E-state index < -0.39 is 30.0 Å². The molecule has 0 spiro atoms. The third kappa shape index (κ3) is 5.05. The van der Waals surface area contributed by atoms with Gasteiger partial charge in [0.2, 0.25) is 17.7 Å². The quantitative estimate of drug-likeness (QED) is 0.537. The van der Waals surface area contributed by atoms with Crippen LogP contribution in [0, 0.1) is 29.1 Å². The normalized spacial score (nSPS) is 27.1. The third-order valence-corrected chi connectivity index (χ3v) is 7.42. The molecule has 0 aromatic carbocycles. The number of carbonyl (C=O) groups excluding carboxylic acids is 4. The molecule has 3 fully saturated rings. The van der Waals surface area contributed by atoms with Crippen LogP contribution in [0.2, 0.25) is 0 Å². The van der Waals surface area contributed by atoms with E-state index in [0.717, 1.165) is 25.7 Å². The zero-order chi connectivity index (χ0) is 25.8. The van der Waals surface area contributed by atoms with Crippen molar-refractivity contribution in [3.8, 4) is 11.8 Å². The molecule has 1 aromatic rings. The van der Waals surface area contributed by atoms with E-state index in [9.17, 15) is 29.5 Å². The zero-order valence-electron chi connectivity index (χ0n) is 20.1. The molecule has 192 valence electrons. The molecule has 4 rings (SSSR count). The number of aromatic hydroxyl groups is 1. The van der Waals surface area contributed by atoms with Gasteiger partial charge >= 0.3 is 6.09 Å². The van der Waals surface area contributed by atoms with Gasteiger partial charge in [0.05, 0.1) is 19.1 Å². The topological polar surface area (TPSA) is 165 Å². The molecule has 0 radical (unpaired) electrons. The van der Waals surface area contributed by atoms with E-state index in [2.05, 4.69) is 26.4 Å². The number of fused-ring (bicyclic) bond motifs is 1. The Morgan fingerprint density at radius 1 is 1.22 bits per heavy atom. The van der Waals surface area contributed by atoms with E-state index in [0.29, 0.717) is 6.54 Å². The predicted molar refractivity (Wildman–Crippen MR) is 125 cm³/mol. The van der Waals surface area contributed by atoms with Crippen molar-refractivity contribution in [3.63, 3.8) is 0 Å². The first-order chi connectivity index (χ1) is 17.3. The average molecular weight is 499 g/mol. The Labute approximate surface area is 208 Å². The molecule has 5 unspecified atom stereocenters. The van der Waals surface area contributed by atoms with Crippen molar-refractivity contribution >= 4 is 29.6 Å². The molecule has 5 atom stereocenters. The molecule has 36 heavy (non-hydrogen) atoms. The fourth-order valence-corrected chi connectivity index (χ4v) is 5.64. The molecule has 12 nitrogen and oxygen atoms in total. The number of ether oxygens (including phenoxy) is 1. The number of hydrogen-bond donors (Lipinski definition) is 3. The number of carbonyl (C=O) groups is 4. The molecule has 4 amide bonds. The lowest BCUT2D eigenvalue weighted by Crippen LogP contribution is -2.53. The van der Waals surface area contributed by atoms with Crippen LogP contribution >= 0.6 is 0 Å². The van der Waals surface area contributed by atoms with Gasteiger partial charge in [0, 0.05) is 19.3 Å². The predicted octanol–water partition coefficient (Wildman–Crippen LogP) is 0.840. The summed E-state index contributed by atoms with van der Waals surface area (Å²) in [6.07, 6.45) is 4.51. The number of rotatable bonds is 5. The lowest BCUT2D eigenvalue weighted by Gasteiger charge is -2.33. The van der Waals surface area contributed by atoms with Gasteiger partial charge in [-0.1, -0.05) is 12.8 Å². The van der Waals surface area contributed by atoms with E-state index in [-0.39, 0.29) is 54.7 Å². The number of methoxy groups -OCH3 is 1. The molecule has 2 aliphatic heterocycles. The maximum absolute atomic E-state index is 13.8. The molecular formula is C24H30N6O6. The number of nitriles is 1. The van der Waals surface area contributed by atoms with Crippen LogP contribution in [0.1, 0.15) is 32.1 Å². The average Bonchev–Trinajstić information content (AvgIpc) is 3.50. The molecule has 0 bridgehead atoms. The van der Waals surface area contributed by atoms with Gasteiger partial charge in [0.25, 0.3) is 0 Å². The lowest BCUT2D eigenvalue weighted by molar-refractivity contribution is -0.144. The summed E-state index contributed by atoms with van der Waals surface area (Å²) in [5.41, 5.74) is 0. The molecular weight excluding hydrogens is 468 g/mol. The van der Waals surface area contributed by atoms with Crippen LogP contribution in [0.25, 0.3) is 0 Å². The van der Waals surface area contributed by atoms with Gasteiger partial charge in [0.15, 0.2) is 11.6 Å². The molecule has 3 heterocycles.